The van der Waals surface area contributed by atoms with Crippen LogP contribution in [0.25, 0.3) is 0 Å². The van der Waals surface area contributed by atoms with Crippen LogP contribution in [0.1, 0.15) is 25.5 Å². The highest BCUT2D eigenvalue weighted by atomic mass is 16.5. The Morgan fingerprint density at radius 1 is 1.32 bits per heavy atom. The number of hydrogen-bond acceptors (Lipinski definition) is 4. The van der Waals surface area contributed by atoms with E-state index in [1.807, 2.05) is 12.1 Å². The van der Waals surface area contributed by atoms with Crippen LogP contribution in [0.4, 0.5) is 4.79 Å². The molecule has 1 aliphatic rings. The molecule has 0 aliphatic carbocycles. The lowest BCUT2D eigenvalue weighted by Crippen LogP contribution is -2.51. The molecule has 2 N–H and O–H groups in total. The Kier molecular flexibility index (Phi) is 4.70. The first-order valence-corrected chi connectivity index (χ1v) is 7.03. The van der Waals surface area contributed by atoms with Gasteiger partial charge in [-0.2, -0.15) is 0 Å². The molecule has 2 atom stereocenters. The summed E-state index contributed by atoms with van der Waals surface area (Å²) < 4.78 is 10.6. The lowest BCUT2D eigenvalue weighted by atomic mass is 9.88. The summed E-state index contributed by atoms with van der Waals surface area (Å²) >= 11 is 0. The Hall–Kier alpha value is -2.50. The molecule has 2 amide bonds. The van der Waals surface area contributed by atoms with Crippen LogP contribution in [0.15, 0.2) is 36.5 Å². The minimum absolute atomic E-state index is 0.253. The number of rotatable bonds is 4. The summed E-state index contributed by atoms with van der Waals surface area (Å²) in [6, 6.07) is 6.22. The van der Waals surface area contributed by atoms with Crippen molar-refractivity contribution >= 4 is 12.0 Å². The molecule has 118 valence electrons. The number of esters is 1. The maximum atomic E-state index is 12.4. The zero-order chi connectivity index (χ0) is 16.3. The number of benzene rings is 1. The summed E-state index contributed by atoms with van der Waals surface area (Å²) in [5, 5.41) is 5.28. The number of hydrogen-bond donors (Lipinski definition) is 2. The quantitative estimate of drug-likeness (QED) is 0.836. The standard InChI is InChI=1S/C16H20N2O4/c1-9(2)22-15(19)13-10(3)17-16(20)18-14(13)11-7-5-6-8-12(11)21-4/h5-9,13-14H,3H2,1-2,4H3,(H2,17,18,20). The molecule has 0 spiro atoms. The molecule has 0 radical (unpaired) electrons. The zero-order valence-corrected chi connectivity index (χ0v) is 12.9. The molecule has 1 fully saturated rings. The van der Waals surface area contributed by atoms with Gasteiger partial charge in [-0.1, -0.05) is 24.8 Å². The summed E-state index contributed by atoms with van der Waals surface area (Å²) in [7, 11) is 1.54. The van der Waals surface area contributed by atoms with Gasteiger partial charge in [-0.05, 0) is 19.9 Å². The fourth-order valence-corrected chi connectivity index (χ4v) is 2.45. The third kappa shape index (κ3) is 3.21. The van der Waals surface area contributed by atoms with Crippen LogP contribution in [-0.2, 0) is 9.53 Å². The Labute approximate surface area is 129 Å². The Balaban J connectivity index is 2.41. The maximum Gasteiger partial charge on any atom is 0.319 e. The van der Waals surface area contributed by atoms with Crippen LogP contribution in [0, 0.1) is 5.92 Å². The second-order valence-electron chi connectivity index (χ2n) is 5.31. The average Bonchev–Trinajstić information content (AvgIpc) is 2.45. The van der Waals surface area contributed by atoms with Crippen molar-refractivity contribution in [1.82, 2.24) is 10.6 Å². The van der Waals surface area contributed by atoms with Gasteiger partial charge >= 0.3 is 12.0 Å². The van der Waals surface area contributed by atoms with E-state index in [0.717, 1.165) is 0 Å². The fraction of sp³-hybridized carbons (Fsp3) is 0.375. The number of ether oxygens (including phenoxy) is 2. The number of carbonyl (C=O) groups excluding carboxylic acids is 2. The van der Waals surface area contributed by atoms with E-state index in [2.05, 4.69) is 17.2 Å². The van der Waals surface area contributed by atoms with Crippen molar-refractivity contribution in [3.63, 3.8) is 0 Å². The van der Waals surface area contributed by atoms with Gasteiger partial charge in [0.25, 0.3) is 0 Å². The molecular weight excluding hydrogens is 284 g/mol. The molecule has 6 heteroatoms. The van der Waals surface area contributed by atoms with Gasteiger partial charge in [0.1, 0.15) is 11.7 Å². The molecule has 2 rings (SSSR count). The predicted molar refractivity (Wildman–Crippen MR) is 81.3 cm³/mol. The number of methoxy groups -OCH3 is 1. The van der Waals surface area contributed by atoms with E-state index in [4.69, 9.17) is 9.47 Å². The van der Waals surface area contributed by atoms with Crippen LogP contribution < -0.4 is 15.4 Å². The first-order valence-electron chi connectivity index (χ1n) is 7.03. The molecule has 0 saturated carbocycles. The molecule has 1 saturated heterocycles. The highest BCUT2D eigenvalue weighted by molar-refractivity contribution is 5.85. The molecule has 6 nitrogen and oxygen atoms in total. The van der Waals surface area contributed by atoms with Crippen molar-refractivity contribution in [2.24, 2.45) is 5.92 Å². The summed E-state index contributed by atoms with van der Waals surface area (Å²) in [6.45, 7) is 7.33. The number of nitrogens with one attached hydrogen (secondary N) is 2. The maximum absolute atomic E-state index is 12.4. The molecule has 22 heavy (non-hydrogen) atoms. The van der Waals surface area contributed by atoms with E-state index in [1.165, 1.54) is 7.11 Å². The van der Waals surface area contributed by atoms with Crippen LogP contribution in [0.3, 0.4) is 0 Å². The third-order valence-electron chi connectivity index (χ3n) is 3.35. The van der Waals surface area contributed by atoms with Gasteiger partial charge in [-0.25, -0.2) is 4.79 Å². The molecule has 1 aromatic rings. The minimum Gasteiger partial charge on any atom is -0.496 e. The van der Waals surface area contributed by atoms with Gasteiger partial charge in [0, 0.05) is 11.3 Å². The van der Waals surface area contributed by atoms with E-state index in [1.54, 1.807) is 26.0 Å². The second-order valence-corrected chi connectivity index (χ2v) is 5.31. The van der Waals surface area contributed by atoms with Gasteiger partial charge in [-0.15, -0.1) is 0 Å². The number of carbonyl (C=O) groups is 2. The molecule has 1 aliphatic heterocycles. The number of amides is 2. The van der Waals surface area contributed by atoms with E-state index >= 15 is 0 Å². The van der Waals surface area contributed by atoms with Gasteiger partial charge in [0.05, 0.1) is 19.3 Å². The van der Waals surface area contributed by atoms with Crippen molar-refractivity contribution in [1.29, 1.82) is 0 Å². The number of para-hydroxylation sites is 1. The molecule has 0 bridgehead atoms. The van der Waals surface area contributed by atoms with Gasteiger partial charge < -0.3 is 20.1 Å². The van der Waals surface area contributed by atoms with Crippen molar-refractivity contribution in [2.75, 3.05) is 7.11 Å². The lowest BCUT2D eigenvalue weighted by molar-refractivity contribution is -0.152. The van der Waals surface area contributed by atoms with Crippen molar-refractivity contribution in [2.45, 2.75) is 26.0 Å². The van der Waals surface area contributed by atoms with Crippen molar-refractivity contribution < 1.29 is 19.1 Å². The third-order valence-corrected chi connectivity index (χ3v) is 3.35. The first-order chi connectivity index (χ1) is 10.4. The van der Waals surface area contributed by atoms with E-state index in [-0.39, 0.29) is 6.10 Å². The summed E-state index contributed by atoms with van der Waals surface area (Å²) in [5.41, 5.74) is 1.01. The fourth-order valence-electron chi connectivity index (χ4n) is 2.45. The van der Waals surface area contributed by atoms with Gasteiger partial charge in [0.2, 0.25) is 0 Å². The second kappa shape index (κ2) is 6.51. The van der Waals surface area contributed by atoms with Crippen LogP contribution in [-0.4, -0.2) is 25.2 Å². The smallest absolute Gasteiger partial charge is 0.319 e. The predicted octanol–water partition coefficient (Wildman–Crippen LogP) is 2.13. The summed E-state index contributed by atoms with van der Waals surface area (Å²) in [5.74, 6) is -0.579. The summed E-state index contributed by atoms with van der Waals surface area (Å²) in [6.07, 6.45) is -0.253. The normalized spacial score (nSPS) is 21.1. The summed E-state index contributed by atoms with van der Waals surface area (Å²) in [4.78, 5) is 24.2. The Morgan fingerprint density at radius 3 is 2.64 bits per heavy atom. The molecule has 0 aromatic heterocycles. The van der Waals surface area contributed by atoms with Gasteiger partial charge in [-0.3, -0.25) is 4.79 Å². The van der Waals surface area contributed by atoms with Crippen molar-refractivity contribution in [3.8, 4) is 5.75 Å². The molecule has 2 unspecified atom stereocenters. The van der Waals surface area contributed by atoms with Gasteiger partial charge in [0.15, 0.2) is 0 Å². The average molecular weight is 304 g/mol. The minimum atomic E-state index is -0.726. The largest absolute Gasteiger partial charge is 0.496 e. The topological polar surface area (TPSA) is 76.7 Å². The van der Waals surface area contributed by atoms with Crippen LogP contribution >= 0.6 is 0 Å². The number of urea groups is 1. The van der Waals surface area contributed by atoms with Crippen LogP contribution in [0.5, 0.6) is 5.75 Å². The zero-order valence-electron chi connectivity index (χ0n) is 12.9. The Morgan fingerprint density at radius 2 is 2.00 bits per heavy atom. The first kappa shape index (κ1) is 15.9. The highest BCUT2D eigenvalue weighted by Gasteiger charge is 2.40. The monoisotopic (exact) mass is 304 g/mol. The molecule has 1 heterocycles. The van der Waals surface area contributed by atoms with Crippen molar-refractivity contribution in [3.05, 3.63) is 42.1 Å². The Bertz CT molecular complexity index is 598. The lowest BCUT2D eigenvalue weighted by Gasteiger charge is -2.34. The van der Waals surface area contributed by atoms with E-state index in [9.17, 15) is 9.59 Å². The van der Waals surface area contributed by atoms with E-state index in [0.29, 0.717) is 17.0 Å². The molecular formula is C16H20N2O4. The highest BCUT2D eigenvalue weighted by Crippen LogP contribution is 2.35. The molecule has 1 aromatic carbocycles. The SMILES string of the molecule is C=C1NC(=O)NC(c2ccccc2OC)C1C(=O)OC(C)C. The van der Waals surface area contributed by atoms with Crippen LogP contribution in [0.2, 0.25) is 0 Å². The van der Waals surface area contributed by atoms with E-state index < -0.39 is 24.0 Å².